The molecule has 2 amide bonds. The third-order valence-electron chi connectivity index (χ3n) is 3.35. The number of hydrogen-bond acceptors (Lipinski definition) is 2. The Balaban J connectivity index is 2.29. The van der Waals surface area contributed by atoms with Crippen LogP contribution >= 0.6 is 11.6 Å². The molecular weight excluding hydrogens is 288 g/mol. The maximum atomic E-state index is 12.4. The fourth-order valence-corrected chi connectivity index (χ4v) is 2.63. The van der Waals surface area contributed by atoms with Crippen LogP contribution in [0.15, 0.2) is 24.3 Å². The minimum Gasteiger partial charge on any atom is -0.347 e. The minimum atomic E-state index is -0.322. The molecule has 0 radical (unpaired) electrons. The van der Waals surface area contributed by atoms with Crippen molar-refractivity contribution in [2.24, 2.45) is 5.92 Å². The second-order valence-electron chi connectivity index (χ2n) is 6.45. The molecule has 114 valence electrons. The lowest BCUT2D eigenvalue weighted by atomic mass is 10.1. The van der Waals surface area contributed by atoms with Gasteiger partial charge in [-0.25, -0.2) is 0 Å². The van der Waals surface area contributed by atoms with Crippen molar-refractivity contribution < 1.29 is 9.59 Å². The average molecular weight is 309 g/mol. The van der Waals surface area contributed by atoms with E-state index in [1.54, 1.807) is 17.0 Å². The molecule has 2 rings (SSSR count). The Morgan fingerprint density at radius 3 is 2.62 bits per heavy atom. The van der Waals surface area contributed by atoms with Crippen LogP contribution in [0.25, 0.3) is 0 Å². The first-order chi connectivity index (χ1) is 9.81. The SMILES string of the molecule is CC(C)(C)NC(=O)c1ccccc1N1CC(CCl)CC1=O. The highest BCUT2D eigenvalue weighted by Gasteiger charge is 2.32. The van der Waals surface area contributed by atoms with Gasteiger partial charge >= 0.3 is 0 Å². The number of halogens is 1. The van der Waals surface area contributed by atoms with Crippen molar-refractivity contribution in [2.45, 2.75) is 32.7 Å². The third kappa shape index (κ3) is 3.76. The molecule has 21 heavy (non-hydrogen) atoms. The molecule has 0 spiro atoms. The molecule has 1 fully saturated rings. The highest BCUT2D eigenvalue weighted by atomic mass is 35.5. The minimum absolute atomic E-state index is 0.0247. The lowest BCUT2D eigenvalue weighted by Crippen LogP contribution is -2.41. The van der Waals surface area contributed by atoms with E-state index in [1.807, 2.05) is 32.9 Å². The van der Waals surface area contributed by atoms with Crippen LogP contribution in [0.2, 0.25) is 0 Å². The van der Waals surface area contributed by atoms with E-state index < -0.39 is 0 Å². The highest BCUT2D eigenvalue weighted by molar-refractivity contribution is 6.18. The molecule has 0 aromatic heterocycles. The van der Waals surface area contributed by atoms with Gasteiger partial charge in [0.1, 0.15) is 0 Å². The monoisotopic (exact) mass is 308 g/mol. The van der Waals surface area contributed by atoms with Crippen molar-refractivity contribution >= 4 is 29.1 Å². The van der Waals surface area contributed by atoms with Crippen LogP contribution in [0.3, 0.4) is 0 Å². The summed E-state index contributed by atoms with van der Waals surface area (Å²) in [5, 5.41) is 2.94. The van der Waals surface area contributed by atoms with Crippen LogP contribution in [0.1, 0.15) is 37.6 Å². The first kappa shape index (κ1) is 15.8. The summed E-state index contributed by atoms with van der Waals surface area (Å²) in [6, 6.07) is 7.20. The number of carbonyl (C=O) groups excluding carboxylic acids is 2. The number of anilines is 1. The summed E-state index contributed by atoms with van der Waals surface area (Å²) in [7, 11) is 0. The van der Waals surface area contributed by atoms with E-state index in [2.05, 4.69) is 5.32 Å². The van der Waals surface area contributed by atoms with Gasteiger partial charge in [0.2, 0.25) is 5.91 Å². The van der Waals surface area contributed by atoms with Crippen LogP contribution in [0, 0.1) is 5.92 Å². The number of nitrogens with one attached hydrogen (secondary N) is 1. The Bertz CT molecular complexity index is 551. The zero-order chi connectivity index (χ0) is 15.6. The molecule has 0 aliphatic carbocycles. The molecular formula is C16H21ClN2O2. The summed E-state index contributed by atoms with van der Waals surface area (Å²) in [6.07, 6.45) is 0.443. The fourth-order valence-electron chi connectivity index (χ4n) is 2.43. The van der Waals surface area contributed by atoms with Gasteiger partial charge in [0.15, 0.2) is 0 Å². The van der Waals surface area contributed by atoms with E-state index in [0.29, 0.717) is 30.1 Å². The molecule has 0 saturated carbocycles. The van der Waals surface area contributed by atoms with Gasteiger partial charge in [-0.05, 0) is 38.8 Å². The van der Waals surface area contributed by atoms with Gasteiger partial charge in [0.25, 0.3) is 5.91 Å². The van der Waals surface area contributed by atoms with Gasteiger partial charge in [-0.2, -0.15) is 0 Å². The van der Waals surface area contributed by atoms with Gasteiger partial charge < -0.3 is 10.2 Å². The number of nitrogens with zero attached hydrogens (tertiary/aromatic N) is 1. The Morgan fingerprint density at radius 2 is 2.05 bits per heavy atom. The average Bonchev–Trinajstić information content (AvgIpc) is 2.78. The topological polar surface area (TPSA) is 49.4 Å². The molecule has 1 N–H and O–H groups in total. The number of para-hydroxylation sites is 1. The molecule has 0 bridgehead atoms. The first-order valence-electron chi connectivity index (χ1n) is 7.09. The molecule has 5 heteroatoms. The van der Waals surface area contributed by atoms with Crippen molar-refractivity contribution in [2.75, 3.05) is 17.3 Å². The molecule has 1 unspecified atom stereocenters. The van der Waals surface area contributed by atoms with Gasteiger partial charge in [0, 0.05) is 24.4 Å². The van der Waals surface area contributed by atoms with E-state index in [9.17, 15) is 9.59 Å². The smallest absolute Gasteiger partial charge is 0.253 e. The largest absolute Gasteiger partial charge is 0.347 e. The second-order valence-corrected chi connectivity index (χ2v) is 6.76. The summed E-state index contributed by atoms with van der Waals surface area (Å²) >= 11 is 5.86. The molecule has 4 nitrogen and oxygen atoms in total. The van der Waals surface area contributed by atoms with E-state index in [4.69, 9.17) is 11.6 Å². The summed E-state index contributed by atoms with van der Waals surface area (Å²) in [5.74, 6) is 0.466. The quantitative estimate of drug-likeness (QED) is 0.873. The normalized spacial score (nSPS) is 19.0. The summed E-state index contributed by atoms with van der Waals surface area (Å²) < 4.78 is 0. The van der Waals surface area contributed by atoms with E-state index in [-0.39, 0.29) is 23.3 Å². The zero-order valence-electron chi connectivity index (χ0n) is 12.6. The summed E-state index contributed by atoms with van der Waals surface area (Å²) in [4.78, 5) is 26.2. The Labute approximate surface area is 130 Å². The predicted molar refractivity (Wildman–Crippen MR) is 84.8 cm³/mol. The molecule has 1 atom stereocenters. The van der Waals surface area contributed by atoms with E-state index >= 15 is 0 Å². The molecule has 1 aliphatic heterocycles. The van der Waals surface area contributed by atoms with Gasteiger partial charge in [-0.15, -0.1) is 11.6 Å². The fraction of sp³-hybridized carbons (Fsp3) is 0.500. The van der Waals surface area contributed by atoms with E-state index in [1.165, 1.54) is 0 Å². The van der Waals surface area contributed by atoms with Gasteiger partial charge in [-0.1, -0.05) is 12.1 Å². The Kier molecular flexibility index (Phi) is 4.57. The molecule has 1 aromatic rings. The number of benzene rings is 1. The predicted octanol–water partition coefficient (Wildman–Crippen LogP) is 2.81. The van der Waals surface area contributed by atoms with E-state index in [0.717, 1.165) is 0 Å². The number of amides is 2. The van der Waals surface area contributed by atoms with Crippen molar-refractivity contribution in [1.82, 2.24) is 5.32 Å². The summed E-state index contributed by atoms with van der Waals surface area (Å²) in [6.45, 7) is 6.36. The second kappa shape index (κ2) is 6.06. The molecule has 1 aliphatic rings. The number of alkyl halides is 1. The van der Waals surface area contributed by atoms with Crippen LogP contribution < -0.4 is 10.2 Å². The molecule has 1 saturated heterocycles. The maximum Gasteiger partial charge on any atom is 0.253 e. The number of rotatable bonds is 3. The lowest BCUT2D eigenvalue weighted by molar-refractivity contribution is -0.117. The van der Waals surface area contributed by atoms with Gasteiger partial charge in [-0.3, -0.25) is 9.59 Å². The molecule has 1 heterocycles. The van der Waals surface area contributed by atoms with Crippen LogP contribution in [0.5, 0.6) is 0 Å². The van der Waals surface area contributed by atoms with Crippen molar-refractivity contribution in [3.8, 4) is 0 Å². The third-order valence-corrected chi connectivity index (χ3v) is 3.79. The zero-order valence-corrected chi connectivity index (χ0v) is 13.4. The molecule has 1 aromatic carbocycles. The van der Waals surface area contributed by atoms with Crippen LogP contribution in [-0.2, 0) is 4.79 Å². The summed E-state index contributed by atoms with van der Waals surface area (Å²) in [5.41, 5.74) is 0.866. The van der Waals surface area contributed by atoms with Crippen molar-refractivity contribution in [3.63, 3.8) is 0 Å². The van der Waals surface area contributed by atoms with Crippen molar-refractivity contribution in [3.05, 3.63) is 29.8 Å². The Morgan fingerprint density at radius 1 is 1.38 bits per heavy atom. The van der Waals surface area contributed by atoms with Gasteiger partial charge in [0.05, 0.1) is 11.3 Å². The van der Waals surface area contributed by atoms with Crippen molar-refractivity contribution in [1.29, 1.82) is 0 Å². The lowest BCUT2D eigenvalue weighted by Gasteiger charge is -2.24. The first-order valence-corrected chi connectivity index (χ1v) is 7.63. The van der Waals surface area contributed by atoms with Crippen LogP contribution in [-0.4, -0.2) is 29.8 Å². The highest BCUT2D eigenvalue weighted by Crippen LogP contribution is 2.28. The standard InChI is InChI=1S/C16H21ClN2O2/c1-16(2,3)18-15(21)12-6-4-5-7-13(12)19-10-11(9-17)8-14(19)20/h4-7,11H,8-10H2,1-3H3,(H,18,21). The van der Waals surface area contributed by atoms with Crippen LogP contribution in [0.4, 0.5) is 5.69 Å². The number of carbonyl (C=O) groups is 2. The Hall–Kier alpha value is -1.55. The maximum absolute atomic E-state index is 12.4. The number of hydrogen-bond donors (Lipinski definition) is 1.